The van der Waals surface area contributed by atoms with Gasteiger partial charge in [-0.25, -0.2) is 54.2 Å². The molecule has 10 N–H and O–H groups in total. The van der Waals surface area contributed by atoms with E-state index in [1.807, 2.05) is 182 Å². The van der Waals surface area contributed by atoms with Crippen LogP contribution in [0.5, 0.6) is 0 Å². The zero-order valence-corrected chi connectivity index (χ0v) is 80.4. The van der Waals surface area contributed by atoms with Crippen molar-refractivity contribution >= 4 is 173 Å². The van der Waals surface area contributed by atoms with Crippen LogP contribution >= 0.6 is 56.7 Å². The van der Waals surface area contributed by atoms with Gasteiger partial charge in [0.1, 0.15) is 40.7 Å². The predicted octanol–water partition coefficient (Wildman–Crippen LogP) is 16.6. The summed E-state index contributed by atoms with van der Waals surface area (Å²) in [5.74, 6) is 1.41. The van der Waals surface area contributed by atoms with Gasteiger partial charge in [0.25, 0.3) is 17.7 Å². The van der Waals surface area contributed by atoms with Crippen molar-refractivity contribution in [3.8, 4) is 0 Å². The number of hydrogen-bond acceptors (Lipinski definition) is 36. The molecular formula is C95H106FN25O9S5. The number of anilines is 6. The number of aliphatic hydroxyl groups excluding tert-OH is 3. The van der Waals surface area contributed by atoms with E-state index < -0.39 is 18.3 Å². The number of nitrogens with zero attached hydrogens (tertiary/aromatic N) is 19. The average Bonchev–Trinajstić information content (AvgIpc) is 1.65. The molecule has 4 aromatic carbocycles. The van der Waals surface area contributed by atoms with E-state index in [0.29, 0.717) is 168 Å². The number of likely N-dealkylation sites (tertiary alicyclic amines) is 3. The third kappa shape index (κ3) is 24.9. The van der Waals surface area contributed by atoms with E-state index in [0.717, 1.165) is 105 Å². The molecule has 11 aromatic heterocycles. The quantitative estimate of drug-likeness (QED) is 0.0227. The van der Waals surface area contributed by atoms with Crippen molar-refractivity contribution in [3.63, 3.8) is 0 Å². The van der Waals surface area contributed by atoms with E-state index in [1.165, 1.54) is 68.8 Å². The molecular weight excluding hydrogens is 1810 g/mol. The number of Topliss-reactive ketones (excluding diaryl/α,β-unsaturated/α-hetero) is 2. The number of aromatic nitrogens is 16. The highest BCUT2D eigenvalue weighted by Gasteiger charge is 2.34. The zero-order valence-electron chi connectivity index (χ0n) is 76.3. The van der Waals surface area contributed by atoms with Gasteiger partial charge in [-0.15, -0.1) is 45.3 Å². The number of carbonyl (C=O) groups is 5. The third-order valence-corrected chi connectivity index (χ3v) is 27.6. The van der Waals surface area contributed by atoms with Crippen molar-refractivity contribution in [2.45, 2.75) is 176 Å². The molecule has 34 nitrogen and oxygen atoms in total. The fourth-order valence-electron chi connectivity index (χ4n) is 15.6. The standard InChI is InChI=1S/C21H23FN4O2S.C19H21N5O2S.C19H22N4O2S.C18H20N6O2S.C18H20N6OS/c1-12(15-4-3-5-16(22)10-15)23-21-25-18(19-20(26-21)24-13(2)29-19)17(27)7-6-14-8-9-28-11-14;1-11(13-6-4-3-5-7-13)20-19-22-15(16-17(23-19)21-12(2)27-16)18(26)24-9-8-14(25)10-24;1-11(24)9-10-15(25)16-17-18(21-13(3)26-17)23-19(22-16)20-12(2)14-7-5-4-6-8-14;1-10(13-5-3-4-7-19-13)20-18-22-14(15-16(23-18)21-11(2)27-15)17(26)24-8-6-12(25)9-24;1-11(12-7-3-2-4-8-12)20-18-21-13(16(25)24-9-5-6-10-24)14-15(23-18)22-17(19)26-14/h3-5,10,12,14H,6-9,11H2,1-2H3,(H,23,25,26);3-7,11,14,25H,8-10H2,1-2H3,(H,20,22,23);4-8,11-12,24H,9-10H2,1-3H3,(H,20,22,23);3-5,7,10,12,25H,6,8-9H2,1-2H3,(H,20,22,23);2-4,7-8,11H,5-6,9-10H2,1H3,(H3,19,20,21,22,23). The maximum atomic E-state index is 13.5. The summed E-state index contributed by atoms with van der Waals surface area (Å²) in [7, 11) is 0. The first-order valence-corrected chi connectivity index (χ1v) is 48.9. The molecule has 9 unspecified atom stereocenters. The molecule has 9 atom stereocenters. The number of thiazole rings is 5. The second kappa shape index (κ2) is 44.6. The smallest absolute Gasteiger partial charge is 0.274 e. The van der Waals surface area contributed by atoms with Gasteiger partial charge in [-0.3, -0.25) is 29.0 Å². The van der Waals surface area contributed by atoms with Crippen LogP contribution in [0, 0.1) is 39.4 Å². The maximum Gasteiger partial charge on any atom is 0.274 e. The van der Waals surface area contributed by atoms with E-state index >= 15 is 0 Å². The highest BCUT2D eigenvalue weighted by molar-refractivity contribution is 7.22. The lowest BCUT2D eigenvalue weighted by Crippen LogP contribution is -2.30. The number of aryl methyl sites for hydroxylation is 4. The van der Waals surface area contributed by atoms with E-state index in [9.17, 15) is 43.7 Å². The van der Waals surface area contributed by atoms with Gasteiger partial charge in [0.05, 0.1) is 74.2 Å². The number of fused-ring (bicyclic) bond motifs is 5. The highest BCUT2D eigenvalue weighted by Crippen LogP contribution is 2.36. The van der Waals surface area contributed by atoms with E-state index in [4.69, 9.17) is 10.5 Å². The molecule has 4 saturated heterocycles. The summed E-state index contributed by atoms with van der Waals surface area (Å²) in [6, 6.07) is 41.7. The van der Waals surface area contributed by atoms with Crippen LogP contribution in [0.4, 0.5) is 39.3 Å². The van der Waals surface area contributed by atoms with Crippen LogP contribution in [0.3, 0.4) is 0 Å². The molecule has 4 fully saturated rings. The number of halogens is 1. The van der Waals surface area contributed by atoms with E-state index in [1.54, 1.807) is 29.0 Å². The van der Waals surface area contributed by atoms with Crippen molar-refractivity contribution in [2.24, 2.45) is 5.92 Å². The molecule has 15 heterocycles. The summed E-state index contributed by atoms with van der Waals surface area (Å²) in [5.41, 5.74) is 15.2. The Morgan fingerprint density at radius 3 is 1.19 bits per heavy atom. The largest absolute Gasteiger partial charge is 0.393 e. The van der Waals surface area contributed by atoms with Crippen LogP contribution < -0.4 is 32.3 Å². The van der Waals surface area contributed by atoms with Crippen LogP contribution in [0.15, 0.2) is 140 Å². The summed E-state index contributed by atoms with van der Waals surface area (Å²) in [4.78, 5) is 141. The normalized spacial score (nSPS) is 16.5. The summed E-state index contributed by atoms with van der Waals surface area (Å²) < 4.78 is 22.4. The number of rotatable bonds is 26. The van der Waals surface area contributed by atoms with Gasteiger partial charge in [0.15, 0.2) is 62.0 Å². The summed E-state index contributed by atoms with van der Waals surface area (Å²) in [6.07, 6.45) is 6.39. The van der Waals surface area contributed by atoms with Gasteiger partial charge in [-0.1, -0.05) is 121 Å². The Balaban J connectivity index is 0.000000129. The molecule has 4 aliphatic rings. The molecule has 4 aliphatic heterocycles. The van der Waals surface area contributed by atoms with Crippen molar-refractivity contribution < 1.29 is 48.4 Å². The van der Waals surface area contributed by atoms with Gasteiger partial charge in [-0.05, 0) is 167 Å². The van der Waals surface area contributed by atoms with Crippen LogP contribution in [0.2, 0.25) is 0 Å². The monoisotopic (exact) mass is 1920 g/mol. The second-order valence-corrected chi connectivity index (χ2v) is 39.3. The lowest BCUT2D eigenvalue weighted by atomic mass is 10.00. The number of β-amino-alcohol motifs (C(OH)–C–C–N with tert-alkyl or cyclic N) is 2. The molecule has 19 rings (SSSR count). The Morgan fingerprint density at radius 2 is 0.800 bits per heavy atom. The number of carbonyl (C=O) groups excluding carboxylic acids is 5. The molecule has 0 bridgehead atoms. The van der Waals surface area contributed by atoms with E-state index in [-0.39, 0.29) is 71.7 Å². The number of nitrogen functional groups attached to an aromatic ring is 1. The first-order valence-electron chi connectivity index (χ1n) is 44.8. The maximum absolute atomic E-state index is 13.5. The molecule has 135 heavy (non-hydrogen) atoms. The summed E-state index contributed by atoms with van der Waals surface area (Å²) >= 11 is 6.93. The molecule has 0 radical (unpaired) electrons. The van der Waals surface area contributed by atoms with Gasteiger partial charge in [-0.2, -0.15) is 24.9 Å². The van der Waals surface area contributed by atoms with Gasteiger partial charge < -0.3 is 67.1 Å². The number of amides is 3. The predicted molar refractivity (Wildman–Crippen MR) is 525 cm³/mol. The van der Waals surface area contributed by atoms with Crippen LogP contribution in [0.25, 0.3) is 51.7 Å². The lowest BCUT2D eigenvalue weighted by molar-refractivity contribution is 0.0756. The van der Waals surface area contributed by atoms with Crippen LogP contribution in [-0.2, 0) is 4.74 Å². The number of nitrogens with one attached hydrogen (secondary N) is 5. The van der Waals surface area contributed by atoms with Crippen LogP contribution in [0.1, 0.15) is 230 Å². The van der Waals surface area contributed by atoms with E-state index in [2.05, 4.69) is 106 Å². The number of nitrogens with two attached hydrogens (primary N) is 1. The SMILES string of the molecule is CC(Nc1nc(C(=O)N2CCCC2)c2sc(N)nc2n1)c1ccccc1.Cc1nc2nc(NC(C)c3cccc(F)c3)nc(C(=O)CCC3CCOC3)c2s1.Cc1nc2nc(NC(C)c3ccccc3)nc(C(=O)CCC(C)O)c2s1.Cc1nc2nc(NC(C)c3ccccc3)nc(C(=O)N3CCC(O)C3)c2s1.Cc1nc2nc(NC(C)c3ccccn3)nc(C(=O)N3CCC(O)C3)c2s1. The molecule has 0 saturated carbocycles. The lowest BCUT2D eigenvalue weighted by Gasteiger charge is -2.17. The Hall–Kier alpha value is -12.8. The number of ketones is 2. The highest BCUT2D eigenvalue weighted by atomic mass is 32.1. The fraction of sp³-hybridized carbons (Fsp3) is 0.379. The average molecular weight is 1920 g/mol. The molecule has 40 heteroatoms. The Morgan fingerprint density at radius 1 is 0.430 bits per heavy atom. The van der Waals surface area contributed by atoms with Crippen molar-refractivity contribution in [1.29, 1.82) is 0 Å². The number of hydrogen-bond donors (Lipinski definition) is 9. The van der Waals surface area contributed by atoms with Crippen molar-refractivity contribution in [3.05, 3.63) is 222 Å². The first-order chi connectivity index (χ1) is 65.1. The minimum atomic E-state index is -0.518. The molecule has 702 valence electrons. The molecule has 3 amide bonds. The Bertz CT molecular complexity index is 6510. The number of pyridine rings is 1. The van der Waals surface area contributed by atoms with Crippen molar-refractivity contribution in [1.82, 2.24) is 94.4 Å². The topological polar surface area (TPSA) is 457 Å². The van der Waals surface area contributed by atoms with Gasteiger partial charge in [0.2, 0.25) is 29.7 Å². The minimum Gasteiger partial charge on any atom is -0.393 e. The van der Waals surface area contributed by atoms with Gasteiger partial charge in [0, 0.05) is 71.5 Å². The first kappa shape index (κ1) is 96.8. The molecule has 0 spiro atoms. The van der Waals surface area contributed by atoms with Crippen LogP contribution in [-0.4, -0.2) is 210 Å². The van der Waals surface area contributed by atoms with Gasteiger partial charge >= 0.3 is 0 Å². The minimum absolute atomic E-state index is 0.000582. The molecule has 0 aliphatic carbocycles. The second-order valence-electron chi connectivity index (χ2n) is 33.5. The summed E-state index contributed by atoms with van der Waals surface area (Å²) in [6.45, 7) is 23.9. The Labute approximate surface area is 798 Å². The number of aliphatic hydroxyl groups is 3. The number of ether oxygens (including phenoxy) is 1. The number of benzene rings is 4. The molecule has 15 aromatic rings. The zero-order chi connectivity index (χ0) is 95.1. The summed E-state index contributed by atoms with van der Waals surface area (Å²) in [5, 5.41) is 48.9. The Kier molecular flexibility index (Phi) is 32.0. The fourth-order valence-corrected chi connectivity index (χ4v) is 19.8. The third-order valence-electron chi connectivity index (χ3n) is 22.8. The van der Waals surface area contributed by atoms with Crippen molar-refractivity contribution in [2.75, 3.05) is 84.8 Å².